The number of likely N-dealkylation sites (tertiary alicyclic amines) is 1. The Kier molecular flexibility index (Phi) is 2.46. The van der Waals surface area contributed by atoms with E-state index in [1.165, 1.54) is 0 Å². The number of carbonyl (C=O) groups excluding carboxylic acids is 2. The first-order valence-electron chi connectivity index (χ1n) is 4.63. The molecule has 3 heteroatoms. The van der Waals surface area contributed by atoms with E-state index >= 15 is 0 Å². The molecule has 1 heterocycles. The van der Waals surface area contributed by atoms with E-state index in [0.29, 0.717) is 13.0 Å². The number of rotatable bonds is 1. The molecule has 0 aromatic heterocycles. The van der Waals surface area contributed by atoms with Gasteiger partial charge in [0.2, 0.25) is 5.91 Å². The van der Waals surface area contributed by atoms with Crippen LogP contribution in [-0.4, -0.2) is 30.2 Å². The molecule has 1 saturated heterocycles. The molecule has 0 aromatic rings. The lowest BCUT2D eigenvalue weighted by atomic mass is 9.82. The quantitative estimate of drug-likeness (QED) is 0.570. The maximum absolute atomic E-state index is 11.8. The lowest BCUT2D eigenvalue weighted by Gasteiger charge is -2.20. The van der Waals surface area contributed by atoms with Crippen LogP contribution in [0.15, 0.2) is 0 Å². The fourth-order valence-corrected chi connectivity index (χ4v) is 1.59. The number of hydrogen-bond donors (Lipinski definition) is 0. The Hall–Kier alpha value is -0.860. The van der Waals surface area contributed by atoms with E-state index in [2.05, 4.69) is 0 Å². The van der Waals surface area contributed by atoms with Gasteiger partial charge in [-0.05, 0) is 6.42 Å². The van der Waals surface area contributed by atoms with Crippen molar-refractivity contribution in [3.63, 3.8) is 0 Å². The second kappa shape index (κ2) is 3.13. The zero-order chi connectivity index (χ0) is 10.2. The average molecular weight is 183 g/mol. The molecule has 0 bridgehead atoms. The SMILES string of the molecule is CN1CCC(C(=O)C(C)(C)C)C1=O. The topological polar surface area (TPSA) is 37.4 Å². The van der Waals surface area contributed by atoms with Crippen molar-refractivity contribution in [3.05, 3.63) is 0 Å². The summed E-state index contributed by atoms with van der Waals surface area (Å²) in [4.78, 5) is 24.9. The molecule has 1 fully saturated rings. The van der Waals surface area contributed by atoms with Crippen molar-refractivity contribution in [2.45, 2.75) is 27.2 Å². The van der Waals surface area contributed by atoms with Crippen LogP contribution >= 0.6 is 0 Å². The summed E-state index contributed by atoms with van der Waals surface area (Å²) in [7, 11) is 1.75. The first kappa shape index (κ1) is 10.2. The van der Waals surface area contributed by atoms with E-state index in [1.54, 1.807) is 11.9 Å². The highest BCUT2D eigenvalue weighted by Crippen LogP contribution is 2.26. The van der Waals surface area contributed by atoms with Gasteiger partial charge in [0.05, 0.1) is 5.92 Å². The molecule has 74 valence electrons. The van der Waals surface area contributed by atoms with E-state index in [4.69, 9.17) is 0 Å². The average Bonchev–Trinajstić information content (AvgIpc) is 2.30. The van der Waals surface area contributed by atoms with Gasteiger partial charge in [-0.15, -0.1) is 0 Å². The number of carbonyl (C=O) groups is 2. The van der Waals surface area contributed by atoms with Gasteiger partial charge in [-0.2, -0.15) is 0 Å². The zero-order valence-corrected chi connectivity index (χ0v) is 8.76. The van der Waals surface area contributed by atoms with Crippen LogP contribution in [0.3, 0.4) is 0 Å². The van der Waals surface area contributed by atoms with Crippen molar-refractivity contribution in [1.29, 1.82) is 0 Å². The summed E-state index contributed by atoms with van der Waals surface area (Å²) in [5, 5.41) is 0. The van der Waals surface area contributed by atoms with Gasteiger partial charge in [0.1, 0.15) is 0 Å². The van der Waals surface area contributed by atoms with Crippen molar-refractivity contribution in [2.75, 3.05) is 13.6 Å². The summed E-state index contributed by atoms with van der Waals surface area (Å²) in [5.41, 5.74) is -0.397. The van der Waals surface area contributed by atoms with Crippen LogP contribution in [0.1, 0.15) is 27.2 Å². The lowest BCUT2D eigenvalue weighted by Crippen LogP contribution is -2.34. The minimum Gasteiger partial charge on any atom is -0.345 e. The van der Waals surface area contributed by atoms with Crippen LogP contribution in [0.5, 0.6) is 0 Å². The van der Waals surface area contributed by atoms with Crippen LogP contribution in [0, 0.1) is 11.3 Å². The standard InChI is InChI=1S/C10H17NO2/c1-10(2,3)8(12)7-5-6-11(4)9(7)13/h7H,5-6H2,1-4H3. The van der Waals surface area contributed by atoms with Gasteiger partial charge in [-0.1, -0.05) is 20.8 Å². The largest absolute Gasteiger partial charge is 0.345 e. The Morgan fingerprint density at radius 3 is 2.31 bits per heavy atom. The minimum absolute atomic E-state index is 0.0140. The molecule has 0 spiro atoms. The molecule has 0 aliphatic carbocycles. The van der Waals surface area contributed by atoms with Crippen molar-refractivity contribution in [1.82, 2.24) is 4.90 Å². The Morgan fingerprint density at radius 2 is 2.00 bits per heavy atom. The van der Waals surface area contributed by atoms with Crippen LogP contribution < -0.4 is 0 Å². The first-order chi connectivity index (χ1) is 5.84. The van der Waals surface area contributed by atoms with Crippen molar-refractivity contribution in [3.8, 4) is 0 Å². The van der Waals surface area contributed by atoms with E-state index < -0.39 is 5.41 Å². The van der Waals surface area contributed by atoms with Gasteiger partial charge >= 0.3 is 0 Å². The molecular weight excluding hydrogens is 166 g/mol. The molecule has 1 amide bonds. The number of Topliss-reactive ketones (excluding diaryl/α,β-unsaturated/α-hetero) is 1. The van der Waals surface area contributed by atoms with E-state index in [1.807, 2.05) is 20.8 Å². The Labute approximate surface area is 79.1 Å². The Morgan fingerprint density at radius 1 is 1.46 bits per heavy atom. The maximum Gasteiger partial charge on any atom is 0.232 e. The third-order valence-corrected chi connectivity index (χ3v) is 2.48. The molecule has 1 atom stereocenters. The van der Waals surface area contributed by atoms with Gasteiger partial charge in [0.15, 0.2) is 5.78 Å². The van der Waals surface area contributed by atoms with Gasteiger partial charge in [0, 0.05) is 19.0 Å². The van der Waals surface area contributed by atoms with Crippen molar-refractivity contribution < 1.29 is 9.59 Å². The fourth-order valence-electron chi connectivity index (χ4n) is 1.59. The summed E-state index contributed by atoms with van der Waals surface area (Å²) >= 11 is 0. The molecular formula is C10H17NO2. The van der Waals surface area contributed by atoms with Crippen LogP contribution in [0.4, 0.5) is 0 Å². The molecule has 1 rings (SSSR count). The molecule has 3 nitrogen and oxygen atoms in total. The summed E-state index contributed by atoms with van der Waals surface area (Å²) in [6.45, 7) is 6.30. The zero-order valence-electron chi connectivity index (χ0n) is 8.76. The Balaban J connectivity index is 2.75. The van der Waals surface area contributed by atoms with E-state index in [0.717, 1.165) is 0 Å². The predicted molar refractivity (Wildman–Crippen MR) is 50.2 cm³/mol. The molecule has 1 unspecified atom stereocenters. The third kappa shape index (κ3) is 1.90. The van der Waals surface area contributed by atoms with Gasteiger partial charge in [0.25, 0.3) is 0 Å². The summed E-state index contributed by atoms with van der Waals surface area (Å²) in [5.74, 6) is -0.327. The van der Waals surface area contributed by atoms with Crippen LogP contribution in [0.2, 0.25) is 0 Å². The van der Waals surface area contributed by atoms with Gasteiger partial charge in [-0.25, -0.2) is 0 Å². The normalized spacial score (nSPS) is 23.8. The van der Waals surface area contributed by atoms with Crippen molar-refractivity contribution in [2.24, 2.45) is 11.3 Å². The highest BCUT2D eigenvalue weighted by Gasteiger charge is 2.39. The summed E-state index contributed by atoms with van der Waals surface area (Å²) < 4.78 is 0. The number of amides is 1. The highest BCUT2D eigenvalue weighted by atomic mass is 16.2. The predicted octanol–water partition coefficient (Wildman–Crippen LogP) is 1.08. The second-order valence-electron chi connectivity index (χ2n) is 4.72. The van der Waals surface area contributed by atoms with Crippen molar-refractivity contribution >= 4 is 11.7 Å². The maximum atomic E-state index is 11.8. The summed E-state index contributed by atoms with van der Waals surface area (Å²) in [6.07, 6.45) is 0.686. The number of hydrogen-bond acceptors (Lipinski definition) is 2. The van der Waals surface area contributed by atoms with Crippen LogP contribution in [-0.2, 0) is 9.59 Å². The van der Waals surface area contributed by atoms with Gasteiger partial charge < -0.3 is 4.90 Å². The smallest absolute Gasteiger partial charge is 0.232 e. The highest BCUT2D eigenvalue weighted by molar-refractivity contribution is 6.04. The number of ketones is 1. The monoisotopic (exact) mass is 183 g/mol. The molecule has 1 aliphatic heterocycles. The Bertz CT molecular complexity index is 240. The molecule has 0 N–H and O–H groups in total. The third-order valence-electron chi connectivity index (χ3n) is 2.48. The van der Waals surface area contributed by atoms with Gasteiger partial charge in [-0.3, -0.25) is 9.59 Å². The second-order valence-corrected chi connectivity index (χ2v) is 4.72. The lowest BCUT2D eigenvalue weighted by molar-refractivity contribution is -0.139. The van der Waals surface area contributed by atoms with Crippen LogP contribution in [0.25, 0.3) is 0 Å². The molecule has 0 aromatic carbocycles. The molecule has 0 saturated carbocycles. The molecule has 13 heavy (non-hydrogen) atoms. The first-order valence-corrected chi connectivity index (χ1v) is 4.63. The number of nitrogens with zero attached hydrogens (tertiary/aromatic N) is 1. The minimum atomic E-state index is -0.397. The summed E-state index contributed by atoms with van der Waals surface area (Å²) in [6, 6.07) is 0. The molecule has 0 radical (unpaired) electrons. The fraction of sp³-hybridized carbons (Fsp3) is 0.800. The van der Waals surface area contributed by atoms with E-state index in [9.17, 15) is 9.59 Å². The molecule has 1 aliphatic rings. The van der Waals surface area contributed by atoms with E-state index in [-0.39, 0.29) is 17.6 Å².